The van der Waals surface area contributed by atoms with Gasteiger partial charge >= 0.3 is 0 Å². The first-order valence-corrected chi connectivity index (χ1v) is 5.08. The van der Waals surface area contributed by atoms with Gasteiger partial charge in [-0.2, -0.15) is 4.98 Å². The number of nitrogen functional groups attached to an aromatic ring is 1. The summed E-state index contributed by atoms with van der Waals surface area (Å²) in [5, 5.41) is 3.76. The van der Waals surface area contributed by atoms with Gasteiger partial charge in [0.05, 0.1) is 5.56 Å². The molecule has 5 heteroatoms. The monoisotopic (exact) mass is 221 g/mol. The molecule has 2 N–H and O–H groups in total. The Balaban J connectivity index is 2.35. The van der Waals surface area contributed by atoms with Crippen LogP contribution in [0.25, 0.3) is 11.5 Å². The minimum absolute atomic E-state index is 0.195. The highest BCUT2D eigenvalue weighted by Crippen LogP contribution is 2.22. The summed E-state index contributed by atoms with van der Waals surface area (Å²) in [5.74, 6) is 0.335. The van der Waals surface area contributed by atoms with E-state index >= 15 is 0 Å². The largest absolute Gasteiger partial charge is 0.399 e. The van der Waals surface area contributed by atoms with E-state index in [2.05, 4.69) is 10.1 Å². The Bertz CT molecular complexity index is 496. The van der Waals surface area contributed by atoms with E-state index in [0.29, 0.717) is 11.5 Å². The Hall–Kier alpha value is -1.91. The van der Waals surface area contributed by atoms with E-state index in [9.17, 15) is 4.39 Å². The minimum atomic E-state index is -0.452. The number of aromatic nitrogens is 2. The van der Waals surface area contributed by atoms with Crippen molar-refractivity contribution >= 4 is 5.69 Å². The molecule has 0 unspecified atom stereocenters. The summed E-state index contributed by atoms with van der Waals surface area (Å²) in [6.45, 7) is 2.01. The quantitative estimate of drug-likeness (QED) is 0.808. The summed E-state index contributed by atoms with van der Waals surface area (Å²) < 4.78 is 18.5. The van der Waals surface area contributed by atoms with E-state index in [0.717, 1.165) is 12.8 Å². The van der Waals surface area contributed by atoms with E-state index < -0.39 is 5.82 Å². The molecular formula is C11H12FN3O. The van der Waals surface area contributed by atoms with Crippen LogP contribution in [0.15, 0.2) is 22.7 Å². The smallest absolute Gasteiger partial charge is 0.260 e. The normalized spacial score (nSPS) is 10.6. The van der Waals surface area contributed by atoms with Gasteiger partial charge in [-0.15, -0.1) is 0 Å². The Morgan fingerprint density at radius 1 is 1.44 bits per heavy atom. The lowest BCUT2D eigenvalue weighted by atomic mass is 10.2. The lowest BCUT2D eigenvalue weighted by Gasteiger charge is -1.97. The van der Waals surface area contributed by atoms with Gasteiger partial charge in [0.15, 0.2) is 5.82 Å². The fraction of sp³-hybridized carbons (Fsp3) is 0.273. The molecule has 16 heavy (non-hydrogen) atoms. The Morgan fingerprint density at radius 2 is 2.25 bits per heavy atom. The van der Waals surface area contributed by atoms with Crippen molar-refractivity contribution in [2.75, 3.05) is 5.73 Å². The lowest BCUT2D eigenvalue weighted by molar-refractivity contribution is 0.420. The van der Waals surface area contributed by atoms with Crippen LogP contribution in [0.2, 0.25) is 0 Å². The maximum atomic E-state index is 13.5. The van der Waals surface area contributed by atoms with Crippen molar-refractivity contribution in [3.8, 4) is 11.5 Å². The number of aryl methyl sites for hydroxylation is 1. The minimum Gasteiger partial charge on any atom is -0.399 e. The van der Waals surface area contributed by atoms with Gasteiger partial charge in [0.2, 0.25) is 0 Å². The third-order valence-corrected chi connectivity index (χ3v) is 2.17. The van der Waals surface area contributed by atoms with Gasteiger partial charge in [0.25, 0.3) is 5.89 Å². The van der Waals surface area contributed by atoms with E-state index in [1.807, 2.05) is 6.92 Å². The summed E-state index contributed by atoms with van der Waals surface area (Å²) in [6.07, 6.45) is 1.64. The van der Waals surface area contributed by atoms with Crippen molar-refractivity contribution in [3.05, 3.63) is 29.8 Å². The van der Waals surface area contributed by atoms with E-state index in [-0.39, 0.29) is 11.5 Å². The Labute approximate surface area is 92.3 Å². The van der Waals surface area contributed by atoms with Crippen molar-refractivity contribution in [2.24, 2.45) is 0 Å². The maximum Gasteiger partial charge on any atom is 0.260 e. The topological polar surface area (TPSA) is 64.9 Å². The standard InChI is InChI=1S/C11H12FN3O/c1-2-3-10-14-11(16-15-10)8-5-4-7(13)6-9(8)12/h4-6H,2-3,13H2,1H3. The van der Waals surface area contributed by atoms with Gasteiger partial charge < -0.3 is 10.3 Å². The summed E-state index contributed by atoms with van der Waals surface area (Å²) in [4.78, 5) is 4.10. The first kappa shape index (κ1) is 10.6. The number of benzene rings is 1. The fourth-order valence-corrected chi connectivity index (χ4v) is 1.39. The molecule has 1 heterocycles. The van der Waals surface area contributed by atoms with Crippen molar-refractivity contribution < 1.29 is 8.91 Å². The van der Waals surface area contributed by atoms with Crippen LogP contribution in [-0.4, -0.2) is 10.1 Å². The zero-order chi connectivity index (χ0) is 11.5. The van der Waals surface area contributed by atoms with Crippen molar-refractivity contribution in [1.82, 2.24) is 10.1 Å². The number of nitrogens with zero attached hydrogens (tertiary/aromatic N) is 2. The van der Waals surface area contributed by atoms with Gasteiger partial charge in [0, 0.05) is 12.1 Å². The first-order chi connectivity index (χ1) is 7.70. The van der Waals surface area contributed by atoms with Gasteiger partial charge in [-0.05, 0) is 24.6 Å². The van der Waals surface area contributed by atoms with Gasteiger partial charge in [-0.3, -0.25) is 0 Å². The van der Waals surface area contributed by atoms with Gasteiger partial charge in [-0.25, -0.2) is 4.39 Å². The molecule has 0 atom stereocenters. The van der Waals surface area contributed by atoms with Gasteiger partial charge in [0.1, 0.15) is 5.82 Å². The number of hydrogen-bond donors (Lipinski definition) is 1. The average molecular weight is 221 g/mol. The van der Waals surface area contributed by atoms with Crippen LogP contribution in [0.5, 0.6) is 0 Å². The summed E-state index contributed by atoms with van der Waals surface area (Å²) in [5.41, 5.74) is 6.10. The zero-order valence-corrected chi connectivity index (χ0v) is 8.90. The number of rotatable bonds is 3. The zero-order valence-electron chi connectivity index (χ0n) is 8.90. The summed E-state index contributed by atoms with van der Waals surface area (Å²) in [6, 6.07) is 4.37. The second kappa shape index (κ2) is 4.30. The summed E-state index contributed by atoms with van der Waals surface area (Å²) >= 11 is 0. The Morgan fingerprint density at radius 3 is 2.94 bits per heavy atom. The SMILES string of the molecule is CCCc1noc(-c2ccc(N)cc2F)n1. The third-order valence-electron chi connectivity index (χ3n) is 2.17. The number of hydrogen-bond acceptors (Lipinski definition) is 4. The van der Waals surface area contributed by atoms with Gasteiger partial charge in [-0.1, -0.05) is 12.1 Å². The molecule has 0 saturated heterocycles. The van der Waals surface area contributed by atoms with Crippen molar-refractivity contribution in [3.63, 3.8) is 0 Å². The van der Waals surface area contributed by atoms with Crippen LogP contribution in [0, 0.1) is 5.82 Å². The van der Waals surface area contributed by atoms with Crippen LogP contribution in [0.4, 0.5) is 10.1 Å². The molecule has 0 radical (unpaired) electrons. The molecule has 0 saturated carbocycles. The van der Waals surface area contributed by atoms with Crippen molar-refractivity contribution in [1.29, 1.82) is 0 Å². The molecule has 1 aromatic carbocycles. The molecule has 2 aromatic rings. The summed E-state index contributed by atoms with van der Waals surface area (Å²) in [7, 11) is 0. The molecule has 1 aromatic heterocycles. The third kappa shape index (κ3) is 2.03. The number of halogens is 1. The molecular weight excluding hydrogens is 209 g/mol. The molecule has 2 rings (SSSR count). The Kier molecular flexibility index (Phi) is 2.85. The second-order valence-corrected chi connectivity index (χ2v) is 3.51. The second-order valence-electron chi connectivity index (χ2n) is 3.51. The predicted molar refractivity (Wildman–Crippen MR) is 58.1 cm³/mol. The molecule has 0 bridgehead atoms. The number of anilines is 1. The van der Waals surface area contributed by atoms with E-state index in [1.165, 1.54) is 12.1 Å². The lowest BCUT2D eigenvalue weighted by Crippen LogP contribution is -1.90. The fourth-order valence-electron chi connectivity index (χ4n) is 1.39. The molecule has 84 valence electrons. The van der Waals surface area contributed by atoms with Crippen molar-refractivity contribution in [2.45, 2.75) is 19.8 Å². The molecule has 0 amide bonds. The highest BCUT2D eigenvalue weighted by Gasteiger charge is 2.12. The van der Waals surface area contributed by atoms with Crippen LogP contribution in [0.3, 0.4) is 0 Å². The molecule has 0 spiro atoms. The first-order valence-electron chi connectivity index (χ1n) is 5.08. The molecule has 0 aliphatic rings. The molecule has 0 aliphatic heterocycles. The maximum absolute atomic E-state index is 13.5. The molecule has 4 nitrogen and oxygen atoms in total. The van der Waals surface area contributed by atoms with E-state index in [1.54, 1.807) is 6.07 Å². The highest BCUT2D eigenvalue weighted by atomic mass is 19.1. The average Bonchev–Trinajstić information content (AvgIpc) is 2.67. The van der Waals surface area contributed by atoms with Crippen LogP contribution in [-0.2, 0) is 6.42 Å². The molecule has 0 aliphatic carbocycles. The van der Waals surface area contributed by atoms with Crippen LogP contribution < -0.4 is 5.73 Å². The molecule has 0 fully saturated rings. The van der Waals surface area contributed by atoms with Crippen LogP contribution in [0.1, 0.15) is 19.2 Å². The highest BCUT2D eigenvalue weighted by molar-refractivity contribution is 5.58. The number of nitrogens with two attached hydrogens (primary N) is 1. The van der Waals surface area contributed by atoms with Crippen LogP contribution >= 0.6 is 0 Å². The predicted octanol–water partition coefficient (Wildman–Crippen LogP) is 2.41. The van der Waals surface area contributed by atoms with E-state index in [4.69, 9.17) is 10.3 Å².